The molecule has 5 aliphatic rings. The second-order valence-corrected chi connectivity index (χ2v) is 12.9. The summed E-state index contributed by atoms with van der Waals surface area (Å²) in [5.41, 5.74) is 7.52. The summed E-state index contributed by atoms with van der Waals surface area (Å²) in [6.07, 6.45) is 11.3. The van der Waals surface area contributed by atoms with E-state index in [2.05, 4.69) is 43.1 Å². The van der Waals surface area contributed by atoms with Gasteiger partial charge in [0.15, 0.2) is 5.78 Å². The zero-order valence-electron chi connectivity index (χ0n) is 22.4. The SMILES string of the molecule is C[C@@H]1C[C@H]2[C@@H]3CCC4=CC(=O)CCC4=C3[C@@H](c3ccc(-c4ccc(F)nc4)cc3)C[C@]2(C)[C@H]1C(=O)C1CC1. The van der Waals surface area contributed by atoms with Crippen molar-refractivity contribution >= 4 is 11.6 Å². The fraction of sp³-hybridized carbons (Fsp3) is 0.500. The third kappa shape index (κ3) is 3.78. The molecule has 0 aliphatic heterocycles. The molecule has 0 saturated heterocycles. The monoisotopic (exact) mass is 509 g/mol. The third-order valence-electron chi connectivity index (χ3n) is 10.7. The Kier molecular flexibility index (Phi) is 5.62. The average molecular weight is 510 g/mol. The van der Waals surface area contributed by atoms with Gasteiger partial charge in [-0.05, 0) is 109 Å². The zero-order valence-corrected chi connectivity index (χ0v) is 22.4. The molecule has 0 radical (unpaired) electrons. The van der Waals surface area contributed by atoms with Gasteiger partial charge in [0, 0.05) is 35.9 Å². The van der Waals surface area contributed by atoms with Crippen LogP contribution in [0.25, 0.3) is 11.1 Å². The van der Waals surface area contributed by atoms with E-state index >= 15 is 0 Å². The number of hydrogen-bond acceptors (Lipinski definition) is 3. The summed E-state index contributed by atoms with van der Waals surface area (Å²) in [6.45, 7) is 4.77. The molecular formula is C34H36FNO2. The van der Waals surface area contributed by atoms with Crippen molar-refractivity contribution < 1.29 is 14.0 Å². The van der Waals surface area contributed by atoms with E-state index < -0.39 is 5.95 Å². The van der Waals surface area contributed by atoms with Gasteiger partial charge in [0.05, 0.1) is 0 Å². The minimum Gasteiger partial charge on any atom is -0.299 e. The predicted molar refractivity (Wildman–Crippen MR) is 146 cm³/mol. The van der Waals surface area contributed by atoms with Crippen molar-refractivity contribution in [3.63, 3.8) is 0 Å². The Bertz CT molecular complexity index is 1370. The van der Waals surface area contributed by atoms with E-state index in [0.717, 1.165) is 56.1 Å². The lowest BCUT2D eigenvalue weighted by molar-refractivity contribution is -0.130. The lowest BCUT2D eigenvalue weighted by Crippen LogP contribution is -2.45. The van der Waals surface area contributed by atoms with Gasteiger partial charge >= 0.3 is 0 Å². The molecule has 6 atom stereocenters. The summed E-state index contributed by atoms with van der Waals surface area (Å²) < 4.78 is 13.4. The summed E-state index contributed by atoms with van der Waals surface area (Å²) in [4.78, 5) is 29.8. The van der Waals surface area contributed by atoms with Crippen molar-refractivity contribution in [3.05, 3.63) is 76.9 Å². The highest BCUT2D eigenvalue weighted by Crippen LogP contribution is 2.67. The van der Waals surface area contributed by atoms with Crippen LogP contribution in [0.2, 0.25) is 0 Å². The summed E-state index contributed by atoms with van der Waals surface area (Å²) in [5.74, 6) is 2.50. The molecule has 4 heteroatoms. The number of aromatic nitrogens is 1. The van der Waals surface area contributed by atoms with E-state index in [0.29, 0.717) is 35.9 Å². The van der Waals surface area contributed by atoms with Crippen LogP contribution in [-0.2, 0) is 9.59 Å². The molecule has 7 rings (SSSR count). The average Bonchev–Trinajstić information content (AvgIpc) is 3.72. The smallest absolute Gasteiger partial charge is 0.212 e. The van der Waals surface area contributed by atoms with E-state index in [-0.39, 0.29) is 23.0 Å². The second kappa shape index (κ2) is 8.83. The molecule has 38 heavy (non-hydrogen) atoms. The first-order valence-electron chi connectivity index (χ1n) is 14.6. The standard InChI is InChI=1S/C34H36FNO2/c1-19-15-29-27-12-9-23-16-25(37)11-13-26(23)31(27)28(17-34(29,2)32(19)33(38)22-7-8-22)21-5-3-20(4-6-21)24-10-14-30(35)36-18-24/h3-6,10,14,16,18-19,22,27-29,32H,7-9,11-13,15,17H2,1-2H3/t19-,27+,28-,29+,32-,34+/m1/s1. The predicted octanol–water partition coefficient (Wildman–Crippen LogP) is 7.63. The molecule has 196 valence electrons. The molecule has 3 fully saturated rings. The number of halogens is 1. The van der Waals surface area contributed by atoms with E-state index in [1.165, 1.54) is 22.8 Å². The molecule has 2 aromatic rings. The van der Waals surface area contributed by atoms with E-state index in [9.17, 15) is 14.0 Å². The Morgan fingerprint density at radius 1 is 1.00 bits per heavy atom. The number of carbonyl (C=O) groups excluding carboxylic acids is 2. The third-order valence-corrected chi connectivity index (χ3v) is 10.7. The molecule has 0 amide bonds. The van der Waals surface area contributed by atoms with Gasteiger partial charge in [-0.3, -0.25) is 9.59 Å². The molecular weight excluding hydrogens is 473 g/mol. The van der Waals surface area contributed by atoms with Gasteiger partial charge in [0.2, 0.25) is 5.95 Å². The number of fused-ring (bicyclic) bond motifs is 4. The Balaban J connectivity index is 1.33. The molecule has 3 saturated carbocycles. The van der Waals surface area contributed by atoms with Gasteiger partial charge in [-0.2, -0.15) is 4.39 Å². The Morgan fingerprint density at radius 3 is 2.47 bits per heavy atom. The number of Topliss-reactive ketones (excluding diaryl/α,β-unsaturated/α-hetero) is 1. The molecule has 1 heterocycles. The number of benzene rings is 1. The van der Waals surface area contributed by atoms with Gasteiger partial charge < -0.3 is 0 Å². The molecule has 0 unspecified atom stereocenters. The maximum Gasteiger partial charge on any atom is 0.212 e. The lowest BCUT2D eigenvalue weighted by atomic mass is 9.51. The summed E-state index contributed by atoms with van der Waals surface area (Å²) in [6, 6.07) is 11.9. The van der Waals surface area contributed by atoms with Crippen LogP contribution in [0.1, 0.15) is 76.7 Å². The molecule has 0 bridgehead atoms. The van der Waals surface area contributed by atoms with Gasteiger partial charge in [0.25, 0.3) is 0 Å². The number of allylic oxidation sites excluding steroid dienone is 4. The quantitative estimate of drug-likeness (QED) is 0.398. The summed E-state index contributed by atoms with van der Waals surface area (Å²) in [5, 5.41) is 0. The van der Waals surface area contributed by atoms with Crippen LogP contribution in [0.3, 0.4) is 0 Å². The van der Waals surface area contributed by atoms with Crippen LogP contribution in [-0.4, -0.2) is 16.6 Å². The summed E-state index contributed by atoms with van der Waals surface area (Å²) in [7, 11) is 0. The van der Waals surface area contributed by atoms with Crippen molar-refractivity contribution in [3.8, 4) is 11.1 Å². The fourth-order valence-corrected chi connectivity index (χ4v) is 9.01. The van der Waals surface area contributed by atoms with Crippen molar-refractivity contribution in [1.29, 1.82) is 0 Å². The molecule has 0 N–H and O–H groups in total. The maximum atomic E-state index is 13.7. The maximum absolute atomic E-state index is 13.7. The minimum absolute atomic E-state index is 0.00371. The van der Waals surface area contributed by atoms with Gasteiger partial charge in [-0.15, -0.1) is 0 Å². The lowest BCUT2D eigenvalue weighted by Gasteiger charge is -2.52. The topological polar surface area (TPSA) is 47.0 Å². The highest BCUT2D eigenvalue weighted by atomic mass is 19.1. The number of hydrogen-bond donors (Lipinski definition) is 0. The van der Waals surface area contributed by atoms with Gasteiger partial charge in [0.1, 0.15) is 5.78 Å². The molecule has 0 spiro atoms. The van der Waals surface area contributed by atoms with Crippen molar-refractivity contribution in [2.75, 3.05) is 0 Å². The number of pyridine rings is 1. The largest absolute Gasteiger partial charge is 0.299 e. The van der Waals surface area contributed by atoms with Gasteiger partial charge in [-0.25, -0.2) is 4.98 Å². The van der Waals surface area contributed by atoms with Gasteiger partial charge in [-0.1, -0.05) is 43.7 Å². The first-order chi connectivity index (χ1) is 18.3. The van der Waals surface area contributed by atoms with E-state index in [1.54, 1.807) is 17.8 Å². The number of carbonyl (C=O) groups is 2. The molecule has 1 aromatic heterocycles. The second-order valence-electron chi connectivity index (χ2n) is 12.9. The van der Waals surface area contributed by atoms with Crippen molar-refractivity contribution in [1.82, 2.24) is 4.98 Å². The van der Waals surface area contributed by atoms with E-state index in [4.69, 9.17) is 0 Å². The zero-order chi connectivity index (χ0) is 26.2. The Hall–Kier alpha value is -2.88. The normalized spacial score (nSPS) is 34.3. The first-order valence-corrected chi connectivity index (χ1v) is 14.6. The van der Waals surface area contributed by atoms with Crippen molar-refractivity contribution in [2.45, 2.75) is 71.1 Å². The number of nitrogens with zero attached hydrogens (tertiary/aromatic N) is 1. The van der Waals surface area contributed by atoms with Crippen LogP contribution < -0.4 is 0 Å². The minimum atomic E-state index is -0.469. The van der Waals surface area contributed by atoms with Crippen molar-refractivity contribution in [2.24, 2.45) is 35.0 Å². The molecule has 3 nitrogen and oxygen atoms in total. The Labute approximate surface area is 224 Å². The van der Waals surface area contributed by atoms with E-state index in [1.807, 2.05) is 6.08 Å². The Morgan fingerprint density at radius 2 is 1.76 bits per heavy atom. The highest BCUT2D eigenvalue weighted by Gasteiger charge is 2.61. The highest BCUT2D eigenvalue weighted by molar-refractivity contribution is 5.93. The molecule has 1 aromatic carbocycles. The van der Waals surface area contributed by atoms with Crippen LogP contribution in [0.15, 0.2) is 65.4 Å². The summed E-state index contributed by atoms with van der Waals surface area (Å²) >= 11 is 0. The number of rotatable bonds is 4. The van der Waals surface area contributed by atoms with Crippen LogP contribution in [0, 0.1) is 41.0 Å². The molecule has 5 aliphatic carbocycles. The van der Waals surface area contributed by atoms with Crippen LogP contribution >= 0.6 is 0 Å². The van der Waals surface area contributed by atoms with Crippen LogP contribution in [0.5, 0.6) is 0 Å². The first kappa shape index (κ1) is 24.2. The van der Waals surface area contributed by atoms with Crippen LogP contribution in [0.4, 0.5) is 4.39 Å². The number of ketones is 2. The fourth-order valence-electron chi connectivity index (χ4n) is 9.01.